The summed E-state index contributed by atoms with van der Waals surface area (Å²) in [6, 6.07) is 7.97. The van der Waals surface area contributed by atoms with E-state index < -0.39 is 0 Å². The van der Waals surface area contributed by atoms with Gasteiger partial charge in [-0.1, -0.05) is 25.0 Å². The normalized spacial score (nSPS) is 28.3. The van der Waals surface area contributed by atoms with E-state index in [2.05, 4.69) is 5.32 Å². The van der Waals surface area contributed by atoms with E-state index in [-0.39, 0.29) is 5.82 Å². The SMILES string of the molecule is Fc1ccc(C2CCCCC2CNC2CC2)cc1. The van der Waals surface area contributed by atoms with Crippen LogP contribution in [0, 0.1) is 11.7 Å². The van der Waals surface area contributed by atoms with Crippen molar-refractivity contribution in [2.75, 3.05) is 6.54 Å². The maximum atomic E-state index is 13.0. The van der Waals surface area contributed by atoms with Crippen molar-refractivity contribution in [2.45, 2.75) is 50.5 Å². The van der Waals surface area contributed by atoms with Crippen molar-refractivity contribution in [1.82, 2.24) is 5.32 Å². The van der Waals surface area contributed by atoms with Crippen molar-refractivity contribution >= 4 is 0 Å². The van der Waals surface area contributed by atoms with Crippen LogP contribution in [0.15, 0.2) is 24.3 Å². The van der Waals surface area contributed by atoms with Gasteiger partial charge in [-0.3, -0.25) is 0 Å². The smallest absolute Gasteiger partial charge is 0.123 e. The van der Waals surface area contributed by atoms with Gasteiger partial charge in [0.05, 0.1) is 0 Å². The predicted octanol–water partition coefficient (Wildman–Crippen LogP) is 3.85. The minimum Gasteiger partial charge on any atom is -0.314 e. The van der Waals surface area contributed by atoms with Crippen LogP contribution in [-0.4, -0.2) is 12.6 Å². The van der Waals surface area contributed by atoms with Gasteiger partial charge in [-0.2, -0.15) is 0 Å². The van der Waals surface area contributed by atoms with E-state index in [1.54, 1.807) is 12.1 Å². The molecule has 1 aromatic carbocycles. The molecule has 0 radical (unpaired) electrons. The van der Waals surface area contributed by atoms with Gasteiger partial charge in [0.2, 0.25) is 0 Å². The van der Waals surface area contributed by atoms with Crippen LogP contribution in [0.5, 0.6) is 0 Å². The van der Waals surface area contributed by atoms with Crippen molar-refractivity contribution in [3.63, 3.8) is 0 Å². The van der Waals surface area contributed by atoms with E-state index in [0.717, 1.165) is 18.5 Å². The summed E-state index contributed by atoms with van der Waals surface area (Å²) in [4.78, 5) is 0. The van der Waals surface area contributed by atoms with Gasteiger partial charge in [0.25, 0.3) is 0 Å². The molecule has 1 N–H and O–H groups in total. The molecule has 0 saturated heterocycles. The molecule has 2 heteroatoms. The maximum Gasteiger partial charge on any atom is 0.123 e. The molecule has 0 aromatic heterocycles. The van der Waals surface area contributed by atoms with E-state index in [4.69, 9.17) is 0 Å². The summed E-state index contributed by atoms with van der Waals surface area (Å²) < 4.78 is 13.0. The predicted molar refractivity (Wildman–Crippen MR) is 72.1 cm³/mol. The topological polar surface area (TPSA) is 12.0 Å². The summed E-state index contributed by atoms with van der Waals surface area (Å²) in [5, 5.41) is 3.66. The Hall–Kier alpha value is -0.890. The van der Waals surface area contributed by atoms with Gasteiger partial charge in [-0.05, 0) is 61.8 Å². The lowest BCUT2D eigenvalue weighted by molar-refractivity contribution is 0.295. The summed E-state index contributed by atoms with van der Waals surface area (Å²) in [7, 11) is 0. The summed E-state index contributed by atoms with van der Waals surface area (Å²) in [6.45, 7) is 1.15. The molecule has 2 fully saturated rings. The summed E-state index contributed by atoms with van der Waals surface area (Å²) >= 11 is 0. The molecule has 98 valence electrons. The lowest BCUT2D eigenvalue weighted by Crippen LogP contribution is -2.30. The molecule has 3 rings (SSSR count). The zero-order chi connectivity index (χ0) is 12.4. The first-order chi connectivity index (χ1) is 8.83. The molecule has 1 nitrogen and oxygen atoms in total. The lowest BCUT2D eigenvalue weighted by Gasteiger charge is -2.32. The van der Waals surface area contributed by atoms with Crippen LogP contribution < -0.4 is 5.32 Å². The molecule has 2 atom stereocenters. The summed E-state index contributed by atoms with van der Waals surface area (Å²) in [5.74, 6) is 1.25. The summed E-state index contributed by atoms with van der Waals surface area (Å²) in [5.41, 5.74) is 1.33. The first-order valence-corrected chi connectivity index (χ1v) is 7.32. The fraction of sp³-hybridized carbons (Fsp3) is 0.625. The zero-order valence-corrected chi connectivity index (χ0v) is 10.9. The monoisotopic (exact) mass is 247 g/mol. The third-order valence-corrected chi connectivity index (χ3v) is 4.45. The maximum absolute atomic E-state index is 13.0. The summed E-state index contributed by atoms with van der Waals surface area (Å²) in [6.07, 6.45) is 7.98. The molecule has 0 heterocycles. The van der Waals surface area contributed by atoms with Gasteiger partial charge >= 0.3 is 0 Å². The van der Waals surface area contributed by atoms with Crippen molar-refractivity contribution in [3.05, 3.63) is 35.6 Å². The van der Waals surface area contributed by atoms with Gasteiger partial charge in [0.15, 0.2) is 0 Å². The molecule has 0 spiro atoms. The van der Waals surface area contributed by atoms with Gasteiger partial charge in [0, 0.05) is 6.04 Å². The van der Waals surface area contributed by atoms with Crippen LogP contribution in [0.1, 0.15) is 50.0 Å². The molecule has 2 aliphatic carbocycles. The Kier molecular flexibility index (Phi) is 3.64. The average Bonchev–Trinajstić information content (AvgIpc) is 3.22. The molecule has 1 aromatic rings. The van der Waals surface area contributed by atoms with E-state index in [1.807, 2.05) is 12.1 Å². The van der Waals surface area contributed by atoms with Crippen molar-refractivity contribution in [1.29, 1.82) is 0 Å². The molecule has 0 bridgehead atoms. The second-order valence-corrected chi connectivity index (χ2v) is 5.89. The fourth-order valence-corrected chi connectivity index (χ4v) is 3.21. The van der Waals surface area contributed by atoms with Gasteiger partial charge < -0.3 is 5.32 Å². The minimum absolute atomic E-state index is 0.123. The number of nitrogens with one attached hydrogen (secondary N) is 1. The largest absolute Gasteiger partial charge is 0.314 e. The van der Waals surface area contributed by atoms with Crippen LogP contribution in [-0.2, 0) is 0 Å². The van der Waals surface area contributed by atoms with Crippen molar-refractivity contribution in [2.24, 2.45) is 5.92 Å². The molecule has 0 aliphatic heterocycles. The molecule has 2 aliphatic rings. The Labute approximate surface area is 109 Å². The highest BCUT2D eigenvalue weighted by molar-refractivity contribution is 5.22. The van der Waals surface area contributed by atoms with Crippen LogP contribution in [0.4, 0.5) is 4.39 Å². The lowest BCUT2D eigenvalue weighted by atomic mass is 9.75. The molecule has 2 unspecified atom stereocenters. The quantitative estimate of drug-likeness (QED) is 0.852. The van der Waals surface area contributed by atoms with E-state index in [0.29, 0.717) is 5.92 Å². The highest BCUT2D eigenvalue weighted by atomic mass is 19.1. The number of hydrogen-bond acceptors (Lipinski definition) is 1. The highest BCUT2D eigenvalue weighted by Gasteiger charge is 2.28. The molecule has 18 heavy (non-hydrogen) atoms. The van der Waals surface area contributed by atoms with Crippen molar-refractivity contribution in [3.8, 4) is 0 Å². The number of halogens is 1. The Morgan fingerprint density at radius 1 is 1.00 bits per heavy atom. The molecule has 0 amide bonds. The van der Waals surface area contributed by atoms with Crippen molar-refractivity contribution < 1.29 is 4.39 Å². The Balaban J connectivity index is 1.67. The van der Waals surface area contributed by atoms with Crippen LogP contribution in [0.3, 0.4) is 0 Å². The second-order valence-electron chi connectivity index (χ2n) is 5.89. The fourth-order valence-electron chi connectivity index (χ4n) is 3.21. The number of benzene rings is 1. The first-order valence-electron chi connectivity index (χ1n) is 7.32. The minimum atomic E-state index is -0.123. The van der Waals surface area contributed by atoms with E-state index in [9.17, 15) is 4.39 Å². The Morgan fingerprint density at radius 2 is 1.72 bits per heavy atom. The van der Waals surface area contributed by atoms with Gasteiger partial charge in [0.1, 0.15) is 5.82 Å². The Morgan fingerprint density at radius 3 is 2.44 bits per heavy atom. The standard InChI is InChI=1S/C16H22FN/c17-14-7-5-12(6-8-14)16-4-2-1-3-13(16)11-18-15-9-10-15/h5-8,13,15-16,18H,1-4,9-11H2. The van der Waals surface area contributed by atoms with Crippen LogP contribution >= 0.6 is 0 Å². The number of hydrogen-bond donors (Lipinski definition) is 1. The Bertz CT molecular complexity index is 383. The zero-order valence-electron chi connectivity index (χ0n) is 10.9. The second kappa shape index (κ2) is 5.40. The van der Waals surface area contributed by atoms with Gasteiger partial charge in [-0.25, -0.2) is 4.39 Å². The molecular weight excluding hydrogens is 225 g/mol. The molecule has 2 saturated carbocycles. The van der Waals surface area contributed by atoms with Crippen LogP contribution in [0.2, 0.25) is 0 Å². The van der Waals surface area contributed by atoms with Gasteiger partial charge in [-0.15, -0.1) is 0 Å². The van der Waals surface area contributed by atoms with Crippen LogP contribution in [0.25, 0.3) is 0 Å². The van der Waals surface area contributed by atoms with E-state index in [1.165, 1.54) is 44.1 Å². The highest BCUT2D eigenvalue weighted by Crippen LogP contribution is 2.37. The number of rotatable bonds is 4. The average molecular weight is 247 g/mol. The third-order valence-electron chi connectivity index (χ3n) is 4.45. The molecular formula is C16H22FN. The first kappa shape index (κ1) is 12.2. The third kappa shape index (κ3) is 2.92. The van der Waals surface area contributed by atoms with E-state index >= 15 is 0 Å².